The molecule has 0 amide bonds. The molecule has 0 atom stereocenters. The van der Waals surface area contributed by atoms with Gasteiger partial charge in [0.2, 0.25) is 0 Å². The van der Waals surface area contributed by atoms with Crippen molar-refractivity contribution in [3.05, 3.63) is 60.3 Å². The van der Waals surface area contributed by atoms with E-state index in [2.05, 4.69) is 38.3 Å². The highest BCUT2D eigenvalue weighted by Gasteiger charge is 2.01. The van der Waals surface area contributed by atoms with E-state index in [0.29, 0.717) is 0 Å². The third-order valence-corrected chi connectivity index (χ3v) is 2.14. The molecule has 0 aliphatic rings. The Balaban J connectivity index is 5.37. The second kappa shape index (κ2) is 7.14. The fourth-order valence-electron chi connectivity index (χ4n) is 1.42. The molecule has 76 valence electrons. The number of rotatable bonds is 5. The van der Waals surface area contributed by atoms with Gasteiger partial charge in [-0.15, -0.1) is 0 Å². The first-order valence-electron chi connectivity index (χ1n) is 5.02. The number of hydrogen-bond donors (Lipinski definition) is 0. The zero-order valence-electron chi connectivity index (χ0n) is 9.51. The summed E-state index contributed by atoms with van der Waals surface area (Å²) in [5.41, 5.74) is 3.63. The molecule has 0 aromatic carbocycles. The maximum atomic E-state index is 3.85. The predicted octanol–water partition coefficient (Wildman–Crippen LogP) is 4.59. The Morgan fingerprint density at radius 1 is 1.14 bits per heavy atom. The first kappa shape index (κ1) is 12.7. The third-order valence-electron chi connectivity index (χ3n) is 2.14. The van der Waals surface area contributed by atoms with Crippen LogP contribution >= 0.6 is 0 Å². The molecule has 0 bridgehead atoms. The molecule has 0 nitrogen and oxygen atoms in total. The summed E-state index contributed by atoms with van der Waals surface area (Å²) in [5.74, 6) is 0. The van der Waals surface area contributed by atoms with Crippen molar-refractivity contribution in [3.63, 3.8) is 0 Å². The minimum atomic E-state index is 1.01. The summed E-state index contributed by atoms with van der Waals surface area (Å²) in [5, 5.41) is 0. The van der Waals surface area contributed by atoms with Crippen molar-refractivity contribution in [2.75, 3.05) is 0 Å². The van der Waals surface area contributed by atoms with Crippen LogP contribution in [0.2, 0.25) is 0 Å². The van der Waals surface area contributed by atoms with E-state index in [1.807, 2.05) is 26.0 Å². The fraction of sp³-hybridized carbons (Fsp3) is 0.286. The number of allylic oxidation sites excluding steroid dienone is 8. The van der Waals surface area contributed by atoms with Crippen LogP contribution in [-0.4, -0.2) is 0 Å². The van der Waals surface area contributed by atoms with Crippen LogP contribution in [0.25, 0.3) is 0 Å². The molecule has 0 aliphatic heterocycles. The van der Waals surface area contributed by atoms with Crippen LogP contribution < -0.4 is 0 Å². The van der Waals surface area contributed by atoms with Gasteiger partial charge in [-0.05, 0) is 37.0 Å². The van der Waals surface area contributed by atoms with E-state index < -0.39 is 0 Å². The molecule has 0 saturated carbocycles. The van der Waals surface area contributed by atoms with Crippen molar-refractivity contribution in [2.24, 2.45) is 0 Å². The molecule has 0 N–H and O–H groups in total. The molecule has 14 heavy (non-hydrogen) atoms. The molecule has 0 heteroatoms. The first-order valence-corrected chi connectivity index (χ1v) is 5.02. The average molecular weight is 188 g/mol. The second-order valence-electron chi connectivity index (χ2n) is 2.94. The maximum absolute atomic E-state index is 3.85. The van der Waals surface area contributed by atoms with Crippen molar-refractivity contribution < 1.29 is 0 Å². The van der Waals surface area contributed by atoms with Gasteiger partial charge in [-0.2, -0.15) is 0 Å². The van der Waals surface area contributed by atoms with Crippen molar-refractivity contribution in [1.29, 1.82) is 0 Å². The van der Waals surface area contributed by atoms with Crippen LogP contribution in [0.5, 0.6) is 0 Å². The summed E-state index contributed by atoms with van der Waals surface area (Å²) in [6.45, 7) is 13.8. The van der Waals surface area contributed by atoms with E-state index >= 15 is 0 Å². The van der Waals surface area contributed by atoms with Crippen molar-refractivity contribution >= 4 is 0 Å². The molecule has 0 spiro atoms. The zero-order chi connectivity index (χ0) is 11.0. The SMILES string of the molecule is C=CC(=C\C)/C(C=C)=C(/C=C\C)CC. The maximum Gasteiger partial charge on any atom is -0.0162 e. The Morgan fingerprint density at radius 2 is 1.79 bits per heavy atom. The molecule has 0 radical (unpaired) electrons. The van der Waals surface area contributed by atoms with Crippen molar-refractivity contribution in [3.8, 4) is 0 Å². The lowest BCUT2D eigenvalue weighted by Crippen LogP contribution is -1.88. The lowest BCUT2D eigenvalue weighted by Gasteiger charge is -2.08. The van der Waals surface area contributed by atoms with Gasteiger partial charge in [-0.3, -0.25) is 0 Å². The largest absolute Gasteiger partial charge is 0.0985 e. The van der Waals surface area contributed by atoms with Gasteiger partial charge in [0.25, 0.3) is 0 Å². The lowest BCUT2D eigenvalue weighted by molar-refractivity contribution is 1.12. The topological polar surface area (TPSA) is 0 Å². The molecule has 0 aromatic rings. The molecule has 0 aliphatic carbocycles. The van der Waals surface area contributed by atoms with Crippen LogP contribution in [0.15, 0.2) is 60.3 Å². The summed E-state index contributed by atoms with van der Waals surface area (Å²) in [6.07, 6.45) is 11.0. The van der Waals surface area contributed by atoms with Crippen LogP contribution in [0.4, 0.5) is 0 Å². The monoisotopic (exact) mass is 188 g/mol. The molecule has 0 fully saturated rings. The van der Waals surface area contributed by atoms with Gasteiger partial charge in [0.1, 0.15) is 0 Å². The van der Waals surface area contributed by atoms with E-state index in [1.165, 1.54) is 11.1 Å². The molecule has 0 rings (SSSR count). The van der Waals surface area contributed by atoms with Gasteiger partial charge in [-0.25, -0.2) is 0 Å². The zero-order valence-corrected chi connectivity index (χ0v) is 9.51. The van der Waals surface area contributed by atoms with Crippen molar-refractivity contribution in [2.45, 2.75) is 27.2 Å². The highest BCUT2D eigenvalue weighted by atomic mass is 14.1. The molecule has 0 aromatic heterocycles. The minimum Gasteiger partial charge on any atom is -0.0985 e. The third kappa shape index (κ3) is 3.21. The second-order valence-corrected chi connectivity index (χ2v) is 2.94. The Bertz CT molecular complexity index is 285. The summed E-state index contributed by atoms with van der Waals surface area (Å²) in [4.78, 5) is 0. The van der Waals surface area contributed by atoms with Crippen LogP contribution in [0.1, 0.15) is 27.2 Å². The Labute approximate surface area is 88.0 Å². The van der Waals surface area contributed by atoms with Gasteiger partial charge in [0, 0.05) is 0 Å². The summed E-state index contributed by atoms with van der Waals surface area (Å²) >= 11 is 0. The number of hydrogen-bond acceptors (Lipinski definition) is 0. The van der Waals surface area contributed by atoms with Crippen LogP contribution in [-0.2, 0) is 0 Å². The highest BCUT2D eigenvalue weighted by Crippen LogP contribution is 2.20. The summed E-state index contributed by atoms with van der Waals surface area (Å²) in [7, 11) is 0. The van der Waals surface area contributed by atoms with E-state index in [-0.39, 0.29) is 0 Å². The summed E-state index contributed by atoms with van der Waals surface area (Å²) in [6, 6.07) is 0. The van der Waals surface area contributed by atoms with Gasteiger partial charge in [-0.1, -0.05) is 50.5 Å². The standard InChI is InChI=1S/C14H20/c1-6-11-13(9-4)14(10-5)12(7-2)8-3/h6-8,10-11H,2,5,9H2,1,3-4H3/b11-6-,12-8+,14-13+. The molecule has 0 heterocycles. The van der Waals surface area contributed by atoms with Crippen LogP contribution in [0, 0.1) is 0 Å². The van der Waals surface area contributed by atoms with Crippen molar-refractivity contribution in [1.82, 2.24) is 0 Å². The van der Waals surface area contributed by atoms with Gasteiger partial charge in [0.05, 0.1) is 0 Å². The Morgan fingerprint density at radius 3 is 2.07 bits per heavy atom. The quantitative estimate of drug-likeness (QED) is 0.554. The Kier molecular flexibility index (Phi) is 6.47. The molecular formula is C14H20. The van der Waals surface area contributed by atoms with Crippen LogP contribution in [0.3, 0.4) is 0 Å². The molecular weight excluding hydrogens is 168 g/mol. The molecule has 0 saturated heterocycles. The first-order chi connectivity index (χ1) is 6.74. The minimum absolute atomic E-state index is 1.01. The Hall–Kier alpha value is -1.30. The van der Waals surface area contributed by atoms with Gasteiger partial charge in [0.15, 0.2) is 0 Å². The van der Waals surface area contributed by atoms with Gasteiger partial charge < -0.3 is 0 Å². The predicted molar refractivity (Wildman–Crippen MR) is 66.3 cm³/mol. The van der Waals surface area contributed by atoms with Gasteiger partial charge >= 0.3 is 0 Å². The smallest absolute Gasteiger partial charge is 0.0162 e. The van der Waals surface area contributed by atoms with E-state index in [1.54, 1.807) is 0 Å². The fourth-order valence-corrected chi connectivity index (χ4v) is 1.42. The van der Waals surface area contributed by atoms with E-state index in [4.69, 9.17) is 0 Å². The lowest BCUT2D eigenvalue weighted by atomic mass is 9.97. The highest BCUT2D eigenvalue weighted by molar-refractivity contribution is 5.50. The summed E-state index contributed by atoms with van der Waals surface area (Å²) < 4.78 is 0. The van der Waals surface area contributed by atoms with E-state index in [9.17, 15) is 0 Å². The van der Waals surface area contributed by atoms with E-state index in [0.717, 1.165) is 12.0 Å². The normalized spacial score (nSPS) is 14.1. The molecule has 0 unspecified atom stereocenters. The average Bonchev–Trinajstić information content (AvgIpc) is 2.23.